The van der Waals surface area contributed by atoms with Gasteiger partial charge in [0.15, 0.2) is 0 Å². The van der Waals surface area contributed by atoms with Gasteiger partial charge in [-0.25, -0.2) is 0 Å². The number of aryl methyl sites for hydroxylation is 1. The molecular formula is C23H25N3O. The monoisotopic (exact) mass is 359 g/mol. The summed E-state index contributed by atoms with van der Waals surface area (Å²) in [5.74, 6) is -0.0812. The highest BCUT2D eigenvalue weighted by molar-refractivity contribution is 5.94. The molecule has 0 radical (unpaired) electrons. The van der Waals surface area contributed by atoms with E-state index in [1.165, 1.54) is 11.1 Å². The zero-order valence-electron chi connectivity index (χ0n) is 15.4. The van der Waals surface area contributed by atoms with Gasteiger partial charge in [-0.1, -0.05) is 60.7 Å². The van der Waals surface area contributed by atoms with E-state index in [9.17, 15) is 4.79 Å². The number of carbonyl (C=O) groups is 1. The average molecular weight is 359 g/mol. The van der Waals surface area contributed by atoms with Gasteiger partial charge in [0.1, 0.15) is 0 Å². The largest absolute Gasteiger partial charge is 0.383 e. The van der Waals surface area contributed by atoms with Gasteiger partial charge in [0.25, 0.3) is 5.91 Å². The first-order valence-electron chi connectivity index (χ1n) is 9.36. The van der Waals surface area contributed by atoms with Crippen molar-refractivity contribution < 1.29 is 4.79 Å². The molecule has 2 aromatic carbocycles. The lowest BCUT2D eigenvalue weighted by molar-refractivity contribution is 0.0953. The Morgan fingerprint density at radius 1 is 0.815 bits per heavy atom. The van der Waals surface area contributed by atoms with Crippen molar-refractivity contribution in [2.75, 3.05) is 18.4 Å². The van der Waals surface area contributed by atoms with Crippen LogP contribution in [0.1, 0.15) is 27.9 Å². The quantitative estimate of drug-likeness (QED) is 0.566. The third-order valence-electron chi connectivity index (χ3n) is 4.36. The van der Waals surface area contributed by atoms with Crippen LogP contribution in [0.3, 0.4) is 0 Å². The summed E-state index contributed by atoms with van der Waals surface area (Å²) in [5.41, 5.74) is 4.02. The maximum Gasteiger partial charge on any atom is 0.252 e. The SMILES string of the molecule is O=C(NCCCc1ccccc1)c1cncc(NCCc2ccccc2)c1. The van der Waals surface area contributed by atoms with E-state index in [0.29, 0.717) is 12.1 Å². The normalized spacial score (nSPS) is 10.4. The Bertz CT molecular complexity index is 835. The molecule has 1 aromatic heterocycles. The third-order valence-corrected chi connectivity index (χ3v) is 4.36. The number of nitrogens with one attached hydrogen (secondary N) is 2. The number of amides is 1. The fourth-order valence-electron chi connectivity index (χ4n) is 2.90. The number of benzene rings is 2. The Labute approximate surface area is 160 Å². The first-order valence-corrected chi connectivity index (χ1v) is 9.36. The lowest BCUT2D eigenvalue weighted by Crippen LogP contribution is -2.25. The maximum absolute atomic E-state index is 12.3. The number of hydrogen-bond acceptors (Lipinski definition) is 3. The van der Waals surface area contributed by atoms with Gasteiger partial charge in [-0.3, -0.25) is 9.78 Å². The number of aromatic nitrogens is 1. The first kappa shape index (κ1) is 18.6. The molecule has 0 bridgehead atoms. The second-order valence-electron chi connectivity index (χ2n) is 6.47. The first-order chi connectivity index (χ1) is 13.3. The summed E-state index contributed by atoms with van der Waals surface area (Å²) in [7, 11) is 0. The predicted molar refractivity (Wildman–Crippen MR) is 110 cm³/mol. The summed E-state index contributed by atoms with van der Waals surface area (Å²) < 4.78 is 0. The third kappa shape index (κ3) is 6.26. The molecule has 0 spiro atoms. The number of nitrogens with zero attached hydrogens (tertiary/aromatic N) is 1. The summed E-state index contributed by atoms with van der Waals surface area (Å²) >= 11 is 0. The van der Waals surface area contributed by atoms with Crippen molar-refractivity contribution in [3.8, 4) is 0 Å². The molecule has 0 aliphatic rings. The van der Waals surface area contributed by atoms with E-state index in [1.54, 1.807) is 12.4 Å². The Morgan fingerprint density at radius 2 is 1.48 bits per heavy atom. The average Bonchev–Trinajstić information content (AvgIpc) is 2.73. The molecule has 0 aliphatic heterocycles. The van der Waals surface area contributed by atoms with Gasteiger partial charge < -0.3 is 10.6 Å². The van der Waals surface area contributed by atoms with Gasteiger partial charge in [-0.05, 0) is 36.5 Å². The van der Waals surface area contributed by atoms with Crippen molar-refractivity contribution in [3.05, 3.63) is 95.8 Å². The number of carbonyl (C=O) groups excluding carboxylic acids is 1. The van der Waals surface area contributed by atoms with Crippen LogP contribution in [0.15, 0.2) is 79.1 Å². The van der Waals surface area contributed by atoms with Gasteiger partial charge >= 0.3 is 0 Å². The lowest BCUT2D eigenvalue weighted by atomic mass is 10.1. The van der Waals surface area contributed by atoms with Crippen LogP contribution in [-0.4, -0.2) is 24.0 Å². The van der Waals surface area contributed by atoms with E-state index in [0.717, 1.165) is 31.5 Å². The molecule has 0 fully saturated rings. The Kier molecular flexibility index (Phi) is 6.99. The van der Waals surface area contributed by atoms with Crippen molar-refractivity contribution in [3.63, 3.8) is 0 Å². The zero-order valence-corrected chi connectivity index (χ0v) is 15.4. The minimum absolute atomic E-state index is 0.0812. The van der Waals surface area contributed by atoms with E-state index < -0.39 is 0 Å². The molecule has 4 nitrogen and oxygen atoms in total. The molecule has 1 heterocycles. The predicted octanol–water partition coefficient (Wildman–Crippen LogP) is 4.10. The molecule has 3 rings (SSSR count). The van der Waals surface area contributed by atoms with Crippen LogP contribution < -0.4 is 10.6 Å². The van der Waals surface area contributed by atoms with E-state index in [4.69, 9.17) is 0 Å². The molecule has 2 N–H and O–H groups in total. The van der Waals surface area contributed by atoms with Crippen LogP contribution in [0.4, 0.5) is 5.69 Å². The summed E-state index contributed by atoms with van der Waals surface area (Å²) in [6.07, 6.45) is 6.15. The smallest absolute Gasteiger partial charge is 0.252 e. The molecular weight excluding hydrogens is 334 g/mol. The van der Waals surface area contributed by atoms with Gasteiger partial charge in [0.2, 0.25) is 0 Å². The van der Waals surface area contributed by atoms with Crippen LogP contribution in [0.25, 0.3) is 0 Å². The number of anilines is 1. The maximum atomic E-state index is 12.3. The number of hydrogen-bond donors (Lipinski definition) is 2. The molecule has 4 heteroatoms. The van der Waals surface area contributed by atoms with Crippen LogP contribution in [0.2, 0.25) is 0 Å². The minimum Gasteiger partial charge on any atom is -0.383 e. The molecule has 138 valence electrons. The number of rotatable bonds is 9. The molecule has 3 aromatic rings. The van der Waals surface area contributed by atoms with Crippen molar-refractivity contribution in [2.24, 2.45) is 0 Å². The van der Waals surface area contributed by atoms with Crippen LogP contribution >= 0.6 is 0 Å². The highest BCUT2D eigenvalue weighted by Crippen LogP contribution is 2.09. The molecule has 27 heavy (non-hydrogen) atoms. The van der Waals surface area contributed by atoms with Crippen LogP contribution in [0, 0.1) is 0 Å². The molecule has 0 aliphatic carbocycles. The fraction of sp³-hybridized carbons (Fsp3) is 0.217. The fourth-order valence-corrected chi connectivity index (χ4v) is 2.90. The summed E-state index contributed by atoms with van der Waals surface area (Å²) in [6, 6.07) is 22.5. The Hall–Kier alpha value is -3.14. The Morgan fingerprint density at radius 3 is 2.19 bits per heavy atom. The topological polar surface area (TPSA) is 54.0 Å². The van der Waals surface area contributed by atoms with Gasteiger partial charge in [0, 0.05) is 25.5 Å². The summed E-state index contributed by atoms with van der Waals surface area (Å²) in [5, 5.41) is 6.31. The van der Waals surface area contributed by atoms with Gasteiger partial charge in [0.05, 0.1) is 11.3 Å². The standard InChI is InChI=1S/C23H25N3O/c27-23(26-14-7-12-19-8-3-1-4-9-19)21-16-22(18-24-17-21)25-15-13-20-10-5-2-6-11-20/h1-6,8-11,16-18,25H,7,12-15H2,(H,26,27). The molecule has 0 unspecified atom stereocenters. The molecule has 0 saturated carbocycles. The zero-order chi connectivity index (χ0) is 18.7. The second-order valence-corrected chi connectivity index (χ2v) is 6.47. The van der Waals surface area contributed by atoms with Gasteiger partial charge in [-0.15, -0.1) is 0 Å². The van der Waals surface area contributed by atoms with Crippen molar-refractivity contribution in [1.29, 1.82) is 0 Å². The van der Waals surface area contributed by atoms with E-state index in [2.05, 4.69) is 39.9 Å². The highest BCUT2D eigenvalue weighted by Gasteiger charge is 2.06. The lowest BCUT2D eigenvalue weighted by Gasteiger charge is -2.09. The second kappa shape index (κ2) is 10.1. The van der Waals surface area contributed by atoms with E-state index in [-0.39, 0.29) is 5.91 Å². The Balaban J connectivity index is 1.42. The van der Waals surface area contributed by atoms with Gasteiger partial charge in [-0.2, -0.15) is 0 Å². The van der Waals surface area contributed by atoms with Crippen LogP contribution in [0.5, 0.6) is 0 Å². The summed E-state index contributed by atoms with van der Waals surface area (Å²) in [4.78, 5) is 16.5. The van der Waals surface area contributed by atoms with Crippen molar-refractivity contribution in [2.45, 2.75) is 19.3 Å². The highest BCUT2D eigenvalue weighted by atomic mass is 16.1. The van der Waals surface area contributed by atoms with E-state index in [1.807, 2.05) is 42.5 Å². The molecule has 0 saturated heterocycles. The van der Waals surface area contributed by atoms with Crippen molar-refractivity contribution in [1.82, 2.24) is 10.3 Å². The van der Waals surface area contributed by atoms with Crippen LogP contribution in [-0.2, 0) is 12.8 Å². The van der Waals surface area contributed by atoms with E-state index >= 15 is 0 Å². The number of pyridine rings is 1. The summed E-state index contributed by atoms with van der Waals surface area (Å²) in [6.45, 7) is 1.45. The van der Waals surface area contributed by atoms with Crippen molar-refractivity contribution >= 4 is 11.6 Å². The molecule has 1 amide bonds. The molecule has 0 atom stereocenters. The minimum atomic E-state index is -0.0812.